The molecular formula is C20H15Cl2F3N2O4. The topological polar surface area (TPSA) is 91.4 Å². The third-order valence-corrected chi connectivity index (χ3v) is 5.07. The molecule has 1 aromatic heterocycles. The van der Waals surface area contributed by atoms with E-state index in [0.717, 1.165) is 23.8 Å². The lowest BCUT2D eigenvalue weighted by atomic mass is 10.1. The number of carbonyl (C=O) groups excluding carboxylic acids is 1. The van der Waals surface area contributed by atoms with Gasteiger partial charge in [-0.1, -0.05) is 29.3 Å². The van der Waals surface area contributed by atoms with Crippen molar-refractivity contribution < 1.29 is 27.8 Å². The maximum absolute atomic E-state index is 12.6. The van der Waals surface area contributed by atoms with E-state index in [1.54, 1.807) is 18.2 Å². The third kappa shape index (κ3) is 5.62. The maximum Gasteiger partial charge on any atom is 0.573 e. The first-order valence-corrected chi connectivity index (χ1v) is 9.67. The number of pyridine rings is 1. The van der Waals surface area contributed by atoms with Crippen LogP contribution in [0.2, 0.25) is 10.0 Å². The number of ether oxygens (including phenoxy) is 1. The number of benzene rings is 2. The van der Waals surface area contributed by atoms with Gasteiger partial charge in [0, 0.05) is 17.4 Å². The van der Waals surface area contributed by atoms with Gasteiger partial charge in [-0.3, -0.25) is 9.59 Å². The smallest absolute Gasteiger partial charge is 0.502 e. The molecule has 1 heterocycles. The van der Waals surface area contributed by atoms with Crippen molar-refractivity contribution in [3.63, 3.8) is 0 Å². The molecule has 2 aromatic carbocycles. The average molecular weight is 475 g/mol. The zero-order chi connectivity index (χ0) is 22.8. The summed E-state index contributed by atoms with van der Waals surface area (Å²) >= 11 is 11.8. The molecule has 11 heteroatoms. The number of aryl methyl sites for hydroxylation is 1. The number of carbonyl (C=O) groups is 1. The van der Waals surface area contributed by atoms with Crippen LogP contribution in [0, 0.1) is 0 Å². The van der Waals surface area contributed by atoms with Crippen LogP contribution >= 0.6 is 23.2 Å². The van der Waals surface area contributed by atoms with Crippen molar-refractivity contribution >= 4 is 40.0 Å². The Labute approximate surface area is 183 Å². The number of hydrogen-bond acceptors (Lipinski definition) is 4. The van der Waals surface area contributed by atoms with Gasteiger partial charge in [-0.15, -0.1) is 13.2 Å². The molecule has 3 aromatic rings. The van der Waals surface area contributed by atoms with Crippen LogP contribution in [0.25, 0.3) is 10.9 Å². The summed E-state index contributed by atoms with van der Waals surface area (Å²) in [7, 11) is 0. The summed E-state index contributed by atoms with van der Waals surface area (Å²) in [5.74, 6) is -2.31. The first kappa shape index (κ1) is 22.8. The lowest BCUT2D eigenvalue weighted by Crippen LogP contribution is -2.27. The van der Waals surface area contributed by atoms with Gasteiger partial charge in [0.25, 0.3) is 11.5 Å². The second-order valence-corrected chi connectivity index (χ2v) is 7.36. The third-order valence-electron chi connectivity index (χ3n) is 4.33. The van der Waals surface area contributed by atoms with E-state index in [1.165, 1.54) is 0 Å². The van der Waals surface area contributed by atoms with Crippen LogP contribution in [0.15, 0.2) is 41.2 Å². The number of rotatable bonds is 6. The Morgan fingerprint density at radius 3 is 2.55 bits per heavy atom. The van der Waals surface area contributed by atoms with Crippen LogP contribution < -0.4 is 15.6 Å². The Kier molecular flexibility index (Phi) is 6.66. The number of nitrogens with one attached hydrogen (secondary N) is 2. The van der Waals surface area contributed by atoms with E-state index in [4.69, 9.17) is 23.2 Å². The highest BCUT2D eigenvalue weighted by Crippen LogP contribution is 2.29. The molecular weight excluding hydrogens is 460 g/mol. The fraction of sp³-hybridized carbons (Fsp3) is 0.200. The highest BCUT2D eigenvalue weighted by atomic mass is 35.5. The van der Waals surface area contributed by atoms with E-state index in [9.17, 15) is 27.9 Å². The van der Waals surface area contributed by atoms with E-state index >= 15 is 0 Å². The lowest BCUT2D eigenvalue weighted by Gasteiger charge is -2.12. The number of aromatic hydroxyl groups is 1. The van der Waals surface area contributed by atoms with Gasteiger partial charge in [0.05, 0.1) is 15.6 Å². The van der Waals surface area contributed by atoms with Crippen molar-refractivity contribution in [2.24, 2.45) is 0 Å². The maximum atomic E-state index is 12.6. The predicted octanol–water partition coefficient (Wildman–Crippen LogP) is 4.80. The summed E-state index contributed by atoms with van der Waals surface area (Å²) in [5.41, 5.74) is -0.431. The van der Waals surface area contributed by atoms with E-state index in [1.807, 2.05) is 0 Å². The summed E-state index contributed by atoms with van der Waals surface area (Å²) in [6.45, 7) is 0.172. The number of aromatic amines is 1. The molecule has 0 spiro atoms. The van der Waals surface area contributed by atoms with E-state index < -0.39 is 34.9 Å². The van der Waals surface area contributed by atoms with E-state index in [2.05, 4.69) is 15.0 Å². The molecule has 0 unspecified atom stereocenters. The van der Waals surface area contributed by atoms with Crippen molar-refractivity contribution in [1.82, 2.24) is 10.3 Å². The second-order valence-electron chi connectivity index (χ2n) is 6.54. The van der Waals surface area contributed by atoms with Gasteiger partial charge in [0.1, 0.15) is 5.75 Å². The summed E-state index contributed by atoms with van der Waals surface area (Å²) in [5, 5.41) is 13.4. The summed E-state index contributed by atoms with van der Waals surface area (Å²) in [6, 6.07) is 8.19. The zero-order valence-electron chi connectivity index (χ0n) is 15.6. The molecule has 1 amide bonds. The van der Waals surface area contributed by atoms with E-state index in [0.29, 0.717) is 22.9 Å². The number of aromatic nitrogens is 1. The summed E-state index contributed by atoms with van der Waals surface area (Å²) in [4.78, 5) is 26.8. The van der Waals surface area contributed by atoms with Crippen molar-refractivity contribution in [3.05, 3.63) is 67.9 Å². The highest BCUT2D eigenvalue weighted by molar-refractivity contribution is 6.42. The normalized spacial score (nSPS) is 11.5. The molecule has 3 rings (SSSR count). The lowest BCUT2D eigenvalue weighted by molar-refractivity contribution is -0.274. The highest BCUT2D eigenvalue weighted by Gasteiger charge is 2.31. The number of hydrogen-bond donors (Lipinski definition) is 3. The SMILES string of the molecule is O=C(NCCCc1ccc(Cl)c(Cl)c1)c1c(O)c(=O)[nH]c2ccc(OC(F)(F)F)cc12. The van der Waals surface area contributed by atoms with Gasteiger partial charge in [-0.25, -0.2) is 0 Å². The fourth-order valence-corrected chi connectivity index (χ4v) is 3.29. The van der Waals surface area contributed by atoms with Gasteiger partial charge < -0.3 is 20.1 Å². The number of H-pyrrole nitrogens is 1. The van der Waals surface area contributed by atoms with Crippen molar-refractivity contribution in [1.29, 1.82) is 0 Å². The van der Waals surface area contributed by atoms with Gasteiger partial charge >= 0.3 is 6.36 Å². The largest absolute Gasteiger partial charge is 0.573 e. The number of halogens is 5. The van der Waals surface area contributed by atoms with Crippen LogP contribution in [0.4, 0.5) is 13.2 Å². The fourth-order valence-electron chi connectivity index (χ4n) is 2.97. The quantitative estimate of drug-likeness (QED) is 0.447. The number of alkyl halides is 3. The number of fused-ring (bicyclic) bond motifs is 1. The minimum Gasteiger partial charge on any atom is -0.502 e. The molecule has 0 aliphatic carbocycles. The Balaban J connectivity index is 1.78. The molecule has 0 aliphatic rings. The molecule has 164 valence electrons. The van der Waals surface area contributed by atoms with Crippen molar-refractivity contribution in [2.45, 2.75) is 19.2 Å². The minimum atomic E-state index is -4.94. The van der Waals surface area contributed by atoms with Crippen LogP contribution in [-0.2, 0) is 6.42 Å². The van der Waals surface area contributed by atoms with Crippen LogP contribution in [0.5, 0.6) is 11.5 Å². The van der Waals surface area contributed by atoms with Crippen LogP contribution in [0.3, 0.4) is 0 Å². The molecule has 0 atom stereocenters. The molecule has 0 saturated heterocycles. The average Bonchev–Trinajstić information content (AvgIpc) is 2.68. The predicted molar refractivity (Wildman–Crippen MR) is 110 cm³/mol. The van der Waals surface area contributed by atoms with Gasteiger partial charge in [-0.2, -0.15) is 0 Å². The molecule has 0 fully saturated rings. The molecule has 3 N–H and O–H groups in total. The monoisotopic (exact) mass is 474 g/mol. The van der Waals surface area contributed by atoms with Gasteiger partial charge in [-0.05, 0) is 48.7 Å². The first-order chi connectivity index (χ1) is 14.5. The van der Waals surface area contributed by atoms with Crippen molar-refractivity contribution in [2.75, 3.05) is 6.54 Å². The number of amides is 1. The summed E-state index contributed by atoms with van der Waals surface area (Å²) < 4.78 is 41.4. The van der Waals surface area contributed by atoms with Gasteiger partial charge in [0.15, 0.2) is 5.75 Å². The Hall–Kier alpha value is -2.91. The molecule has 31 heavy (non-hydrogen) atoms. The summed E-state index contributed by atoms with van der Waals surface area (Å²) in [6.07, 6.45) is -3.89. The van der Waals surface area contributed by atoms with Crippen molar-refractivity contribution in [3.8, 4) is 11.5 Å². The molecule has 0 bridgehead atoms. The Morgan fingerprint density at radius 2 is 1.87 bits per heavy atom. The Bertz CT molecular complexity index is 1200. The molecule has 0 radical (unpaired) electrons. The minimum absolute atomic E-state index is 0.0679. The second kappa shape index (κ2) is 9.07. The van der Waals surface area contributed by atoms with Gasteiger partial charge in [0.2, 0.25) is 0 Å². The van der Waals surface area contributed by atoms with E-state index in [-0.39, 0.29) is 17.4 Å². The Morgan fingerprint density at radius 1 is 1.13 bits per heavy atom. The van der Waals surface area contributed by atoms with Crippen LogP contribution in [0.1, 0.15) is 22.3 Å². The van der Waals surface area contributed by atoms with Crippen LogP contribution in [-0.4, -0.2) is 28.9 Å². The molecule has 0 saturated carbocycles. The standard InChI is InChI=1S/C20H15Cl2F3N2O4/c21-13-5-3-10(8-14(13)22)2-1-7-26-18(29)16-12-9-11(31-20(23,24)25)4-6-15(12)27-19(30)17(16)28/h3-6,8-9,28H,1-2,7H2,(H,26,29)(H,27,30). The molecule has 6 nitrogen and oxygen atoms in total. The zero-order valence-corrected chi connectivity index (χ0v) is 17.2. The first-order valence-electron chi connectivity index (χ1n) is 8.92. The molecule has 0 aliphatic heterocycles.